The second kappa shape index (κ2) is 5.53. The van der Waals surface area contributed by atoms with Gasteiger partial charge in [-0.25, -0.2) is 0 Å². The van der Waals surface area contributed by atoms with Gasteiger partial charge in [-0.3, -0.25) is 0 Å². The smallest absolute Gasteiger partial charge is 0.0113 e. The summed E-state index contributed by atoms with van der Waals surface area (Å²) >= 11 is 0. The Hall–Kier alpha value is -0.530. The maximum absolute atomic E-state index is 3.62. The molecular formula is C13H20ClN. The van der Waals surface area contributed by atoms with Crippen LogP contribution in [0.3, 0.4) is 0 Å². The van der Waals surface area contributed by atoms with E-state index in [-0.39, 0.29) is 12.4 Å². The first-order chi connectivity index (χ1) is 6.75. The fraction of sp³-hybridized carbons (Fsp3) is 0.538. The SMILES string of the molecule is CC(C)NC1CCc2ccccc2C1.Cl. The Balaban J connectivity index is 0.00000112. The van der Waals surface area contributed by atoms with Gasteiger partial charge in [-0.1, -0.05) is 38.1 Å². The third-order valence-electron chi connectivity index (χ3n) is 2.92. The minimum atomic E-state index is 0. The van der Waals surface area contributed by atoms with Crippen LogP contribution >= 0.6 is 12.4 Å². The molecule has 0 fully saturated rings. The van der Waals surface area contributed by atoms with Crippen molar-refractivity contribution in [1.82, 2.24) is 5.32 Å². The zero-order chi connectivity index (χ0) is 9.97. The Labute approximate surface area is 98.7 Å². The van der Waals surface area contributed by atoms with Gasteiger partial charge in [-0.2, -0.15) is 0 Å². The molecule has 0 aromatic heterocycles. The third-order valence-corrected chi connectivity index (χ3v) is 2.92. The number of benzene rings is 1. The molecule has 1 nitrogen and oxygen atoms in total. The predicted molar refractivity (Wildman–Crippen MR) is 67.8 cm³/mol. The molecular weight excluding hydrogens is 206 g/mol. The van der Waals surface area contributed by atoms with E-state index in [0.29, 0.717) is 12.1 Å². The van der Waals surface area contributed by atoms with Gasteiger partial charge in [0.15, 0.2) is 0 Å². The van der Waals surface area contributed by atoms with Gasteiger partial charge < -0.3 is 5.32 Å². The lowest BCUT2D eigenvalue weighted by atomic mass is 9.88. The molecule has 0 saturated heterocycles. The molecule has 0 heterocycles. The summed E-state index contributed by atoms with van der Waals surface area (Å²) in [7, 11) is 0. The van der Waals surface area contributed by atoms with Crippen molar-refractivity contribution in [1.29, 1.82) is 0 Å². The van der Waals surface area contributed by atoms with Crippen molar-refractivity contribution >= 4 is 12.4 Å². The molecule has 1 atom stereocenters. The summed E-state index contributed by atoms with van der Waals surface area (Å²) in [5, 5.41) is 3.62. The Bertz CT molecular complexity index is 309. The van der Waals surface area contributed by atoms with Crippen molar-refractivity contribution in [2.24, 2.45) is 0 Å². The van der Waals surface area contributed by atoms with E-state index < -0.39 is 0 Å². The van der Waals surface area contributed by atoms with Crippen molar-refractivity contribution < 1.29 is 0 Å². The molecule has 84 valence electrons. The van der Waals surface area contributed by atoms with Gasteiger partial charge in [0.2, 0.25) is 0 Å². The molecule has 0 bridgehead atoms. The Morgan fingerprint density at radius 3 is 2.53 bits per heavy atom. The molecule has 2 rings (SSSR count). The molecule has 0 amide bonds. The van der Waals surface area contributed by atoms with Gasteiger partial charge in [0.25, 0.3) is 0 Å². The molecule has 1 aromatic rings. The normalized spacial score (nSPS) is 19.5. The summed E-state index contributed by atoms with van der Waals surface area (Å²) in [6.45, 7) is 4.45. The first-order valence-corrected chi connectivity index (χ1v) is 5.58. The fourth-order valence-electron chi connectivity index (χ4n) is 2.31. The van der Waals surface area contributed by atoms with E-state index in [4.69, 9.17) is 0 Å². The Kier molecular flexibility index (Phi) is 4.62. The standard InChI is InChI=1S/C13H19N.ClH/c1-10(2)14-13-8-7-11-5-3-4-6-12(11)9-13;/h3-6,10,13-14H,7-9H2,1-2H3;1H. The van der Waals surface area contributed by atoms with E-state index in [2.05, 4.69) is 43.4 Å². The lowest BCUT2D eigenvalue weighted by Gasteiger charge is -2.27. The highest BCUT2D eigenvalue weighted by atomic mass is 35.5. The third kappa shape index (κ3) is 3.22. The highest BCUT2D eigenvalue weighted by Gasteiger charge is 2.17. The van der Waals surface area contributed by atoms with E-state index in [1.807, 2.05) is 0 Å². The number of halogens is 1. The van der Waals surface area contributed by atoms with Crippen molar-refractivity contribution in [3.8, 4) is 0 Å². The first kappa shape index (κ1) is 12.5. The molecule has 1 aromatic carbocycles. The van der Waals surface area contributed by atoms with E-state index in [9.17, 15) is 0 Å². The molecule has 1 aliphatic rings. The number of hydrogen-bond donors (Lipinski definition) is 1. The van der Waals surface area contributed by atoms with Crippen LogP contribution in [0.25, 0.3) is 0 Å². The zero-order valence-electron chi connectivity index (χ0n) is 9.49. The van der Waals surface area contributed by atoms with Gasteiger partial charge in [-0.05, 0) is 30.4 Å². The topological polar surface area (TPSA) is 12.0 Å². The molecule has 0 saturated carbocycles. The van der Waals surface area contributed by atoms with Crippen LogP contribution in [-0.4, -0.2) is 12.1 Å². The monoisotopic (exact) mass is 225 g/mol. The molecule has 0 aliphatic heterocycles. The number of nitrogens with one attached hydrogen (secondary N) is 1. The lowest BCUT2D eigenvalue weighted by Crippen LogP contribution is -2.38. The largest absolute Gasteiger partial charge is 0.311 e. The van der Waals surface area contributed by atoms with Crippen molar-refractivity contribution in [3.05, 3.63) is 35.4 Å². The minimum Gasteiger partial charge on any atom is -0.311 e. The predicted octanol–water partition coefficient (Wildman–Crippen LogP) is 2.96. The molecule has 0 radical (unpaired) electrons. The van der Waals surface area contributed by atoms with Gasteiger partial charge in [0.05, 0.1) is 0 Å². The molecule has 15 heavy (non-hydrogen) atoms. The van der Waals surface area contributed by atoms with Crippen molar-refractivity contribution in [2.45, 2.75) is 45.2 Å². The number of rotatable bonds is 2. The molecule has 0 spiro atoms. The van der Waals surface area contributed by atoms with Crippen LogP contribution in [-0.2, 0) is 12.8 Å². The summed E-state index contributed by atoms with van der Waals surface area (Å²) in [6, 6.07) is 10.1. The molecule has 1 aliphatic carbocycles. The summed E-state index contributed by atoms with van der Waals surface area (Å²) in [5.41, 5.74) is 3.09. The minimum absolute atomic E-state index is 0. The van der Waals surface area contributed by atoms with Crippen LogP contribution in [0.1, 0.15) is 31.4 Å². The number of aryl methyl sites for hydroxylation is 1. The van der Waals surface area contributed by atoms with Gasteiger partial charge in [-0.15, -0.1) is 12.4 Å². The van der Waals surface area contributed by atoms with Gasteiger partial charge in [0.1, 0.15) is 0 Å². The molecule has 1 unspecified atom stereocenters. The zero-order valence-corrected chi connectivity index (χ0v) is 10.3. The van der Waals surface area contributed by atoms with Crippen LogP contribution in [0.5, 0.6) is 0 Å². The van der Waals surface area contributed by atoms with Gasteiger partial charge >= 0.3 is 0 Å². The molecule has 2 heteroatoms. The van der Waals surface area contributed by atoms with E-state index >= 15 is 0 Å². The van der Waals surface area contributed by atoms with E-state index in [1.165, 1.54) is 24.8 Å². The summed E-state index contributed by atoms with van der Waals surface area (Å²) in [5.74, 6) is 0. The van der Waals surface area contributed by atoms with Crippen LogP contribution in [0, 0.1) is 0 Å². The lowest BCUT2D eigenvalue weighted by molar-refractivity contribution is 0.421. The van der Waals surface area contributed by atoms with Crippen molar-refractivity contribution in [2.75, 3.05) is 0 Å². The van der Waals surface area contributed by atoms with Crippen LogP contribution in [0.15, 0.2) is 24.3 Å². The number of fused-ring (bicyclic) bond motifs is 1. The van der Waals surface area contributed by atoms with E-state index in [1.54, 1.807) is 5.56 Å². The second-order valence-corrected chi connectivity index (χ2v) is 4.53. The van der Waals surface area contributed by atoms with Crippen LogP contribution in [0.4, 0.5) is 0 Å². The maximum Gasteiger partial charge on any atom is 0.0113 e. The summed E-state index contributed by atoms with van der Waals surface area (Å²) in [6.07, 6.45) is 3.73. The maximum atomic E-state index is 3.62. The fourth-order valence-corrected chi connectivity index (χ4v) is 2.31. The van der Waals surface area contributed by atoms with Crippen molar-refractivity contribution in [3.63, 3.8) is 0 Å². The first-order valence-electron chi connectivity index (χ1n) is 5.58. The van der Waals surface area contributed by atoms with Crippen LogP contribution in [0.2, 0.25) is 0 Å². The summed E-state index contributed by atoms with van der Waals surface area (Å²) < 4.78 is 0. The van der Waals surface area contributed by atoms with Gasteiger partial charge in [0, 0.05) is 12.1 Å². The average Bonchev–Trinajstić information content (AvgIpc) is 2.17. The van der Waals surface area contributed by atoms with Crippen LogP contribution < -0.4 is 5.32 Å². The quantitative estimate of drug-likeness (QED) is 0.816. The highest BCUT2D eigenvalue weighted by molar-refractivity contribution is 5.85. The highest BCUT2D eigenvalue weighted by Crippen LogP contribution is 2.21. The average molecular weight is 226 g/mol. The number of hydrogen-bond acceptors (Lipinski definition) is 1. The summed E-state index contributed by atoms with van der Waals surface area (Å²) in [4.78, 5) is 0. The van der Waals surface area contributed by atoms with E-state index in [0.717, 1.165) is 0 Å². The Morgan fingerprint density at radius 2 is 1.87 bits per heavy atom. The Morgan fingerprint density at radius 1 is 1.20 bits per heavy atom. The molecule has 1 N–H and O–H groups in total. The second-order valence-electron chi connectivity index (χ2n) is 4.53.